The van der Waals surface area contributed by atoms with Crippen molar-refractivity contribution in [1.29, 1.82) is 0 Å². The molecule has 43 heavy (non-hydrogen) atoms. The van der Waals surface area contributed by atoms with Crippen molar-refractivity contribution < 1.29 is 18.7 Å². The summed E-state index contributed by atoms with van der Waals surface area (Å²) in [6.07, 6.45) is 7.26. The lowest BCUT2D eigenvalue weighted by molar-refractivity contribution is -0.118. The van der Waals surface area contributed by atoms with E-state index >= 15 is 0 Å². The second-order valence-corrected chi connectivity index (χ2v) is 11.2. The molecule has 7 nitrogen and oxygen atoms in total. The first-order valence-electron chi connectivity index (χ1n) is 15.0. The van der Waals surface area contributed by atoms with Gasteiger partial charge in [-0.2, -0.15) is 0 Å². The van der Waals surface area contributed by atoms with Crippen molar-refractivity contribution in [2.24, 2.45) is 0 Å². The number of imidazole rings is 1. The molecule has 0 spiro atoms. The number of carbonyl (C=O) groups is 1. The van der Waals surface area contributed by atoms with E-state index in [1.165, 1.54) is 6.07 Å². The molecule has 0 bridgehead atoms. The van der Waals surface area contributed by atoms with Crippen LogP contribution in [0.15, 0.2) is 79.3 Å². The van der Waals surface area contributed by atoms with Gasteiger partial charge in [0.15, 0.2) is 5.82 Å². The zero-order chi connectivity index (χ0) is 30.2. The van der Waals surface area contributed by atoms with E-state index in [2.05, 4.69) is 33.1 Å². The number of rotatable bonds is 13. The molecule has 1 amide bonds. The summed E-state index contributed by atoms with van der Waals surface area (Å²) in [5.74, 6) is -0.841. The van der Waals surface area contributed by atoms with E-state index in [0.717, 1.165) is 29.3 Å². The van der Waals surface area contributed by atoms with Crippen molar-refractivity contribution in [3.8, 4) is 5.69 Å². The van der Waals surface area contributed by atoms with E-state index < -0.39 is 17.7 Å². The van der Waals surface area contributed by atoms with Gasteiger partial charge < -0.3 is 25.6 Å². The molecule has 0 aliphatic heterocycles. The third-order valence-electron chi connectivity index (χ3n) is 8.03. The van der Waals surface area contributed by atoms with Crippen molar-refractivity contribution in [3.05, 3.63) is 113 Å². The zero-order valence-electron chi connectivity index (χ0n) is 24.4. The second kappa shape index (κ2) is 14.5. The molecule has 4 aromatic rings. The molecule has 1 aliphatic carbocycles. The topological polar surface area (TPSA) is 91.2 Å². The third kappa shape index (κ3) is 7.93. The molecule has 0 saturated heterocycles. The minimum absolute atomic E-state index is 0.0200. The molecule has 1 aliphatic rings. The number of aryl methyl sites for hydroxylation is 1. The molecule has 0 radical (unpaired) electrons. The molecule has 4 N–H and O–H groups in total. The standard InChI is InChI=1S/C34H39F2N5O2/c1-2-8-31(39-27-14-13-24-16-26(35)17-30(36)29(24)18-27)34(43)40-33-20-41(22-38-33)32-12-7-6-11-25(32)19-37-28(21-42)15-23-9-4-3-5-10-23/h3-7,9-12,16-17,20,22,27-28,31,37,39,42H,2,8,13-15,18-19,21H2,1H3,(H,40,43)/t27-,28+,31+/m0/s1. The van der Waals surface area contributed by atoms with Crippen molar-refractivity contribution in [2.45, 2.75) is 70.1 Å². The highest BCUT2D eigenvalue weighted by Crippen LogP contribution is 2.26. The number of halogens is 2. The van der Waals surface area contributed by atoms with Crippen molar-refractivity contribution in [2.75, 3.05) is 11.9 Å². The van der Waals surface area contributed by atoms with Gasteiger partial charge in [0, 0.05) is 24.7 Å². The average molecular weight is 588 g/mol. The number of fused-ring (bicyclic) bond motifs is 1. The normalized spacial score (nSPS) is 16.0. The molecule has 0 saturated carbocycles. The number of carbonyl (C=O) groups excluding carboxylic acids is 1. The predicted octanol–water partition coefficient (Wildman–Crippen LogP) is 5.10. The Morgan fingerprint density at radius 2 is 1.91 bits per heavy atom. The number of benzene rings is 3. The molecule has 5 rings (SSSR count). The minimum atomic E-state index is -0.554. The molecular weight excluding hydrogens is 548 g/mol. The Labute approximate surface area is 251 Å². The van der Waals surface area contributed by atoms with E-state index in [4.69, 9.17) is 0 Å². The van der Waals surface area contributed by atoms with E-state index in [9.17, 15) is 18.7 Å². The molecule has 3 atom stereocenters. The van der Waals surface area contributed by atoms with Gasteiger partial charge in [-0.05, 0) is 66.5 Å². The number of aromatic nitrogens is 2. The van der Waals surface area contributed by atoms with Crippen molar-refractivity contribution in [1.82, 2.24) is 20.2 Å². The SMILES string of the molecule is CCC[C@@H](N[C@H]1CCc2cc(F)cc(F)c2C1)C(=O)Nc1cn(-c2ccccc2CN[C@@H](CO)Cc2ccccc2)cn1. The smallest absolute Gasteiger partial charge is 0.242 e. The Kier molecular flexibility index (Phi) is 10.3. The lowest BCUT2D eigenvalue weighted by Crippen LogP contribution is -2.48. The zero-order valence-corrected chi connectivity index (χ0v) is 24.4. The molecule has 0 fully saturated rings. The molecule has 1 aromatic heterocycles. The fourth-order valence-electron chi connectivity index (χ4n) is 5.79. The Balaban J connectivity index is 1.21. The van der Waals surface area contributed by atoms with Gasteiger partial charge in [-0.1, -0.05) is 61.9 Å². The lowest BCUT2D eigenvalue weighted by Gasteiger charge is -2.29. The van der Waals surface area contributed by atoms with E-state index in [0.29, 0.717) is 55.6 Å². The third-order valence-corrected chi connectivity index (χ3v) is 8.03. The second-order valence-electron chi connectivity index (χ2n) is 11.2. The highest BCUT2D eigenvalue weighted by molar-refractivity contribution is 5.94. The number of aliphatic hydroxyl groups excluding tert-OH is 1. The van der Waals surface area contributed by atoms with Crippen molar-refractivity contribution in [3.63, 3.8) is 0 Å². The number of amides is 1. The van der Waals surface area contributed by atoms with Crippen LogP contribution in [-0.2, 0) is 30.6 Å². The summed E-state index contributed by atoms with van der Waals surface area (Å²) in [5, 5.41) is 19.8. The quantitative estimate of drug-likeness (QED) is 0.175. The number of para-hydroxylation sites is 1. The summed E-state index contributed by atoms with van der Waals surface area (Å²) in [6, 6.07) is 19.7. The number of nitrogens with zero attached hydrogens (tertiary/aromatic N) is 2. The summed E-state index contributed by atoms with van der Waals surface area (Å²) in [4.78, 5) is 17.8. The van der Waals surface area contributed by atoms with Gasteiger partial charge in [0.25, 0.3) is 0 Å². The first-order chi connectivity index (χ1) is 20.9. The van der Waals surface area contributed by atoms with Gasteiger partial charge in [0.1, 0.15) is 18.0 Å². The molecule has 9 heteroatoms. The lowest BCUT2D eigenvalue weighted by atomic mass is 9.87. The molecule has 226 valence electrons. The molecule has 3 aromatic carbocycles. The highest BCUT2D eigenvalue weighted by atomic mass is 19.1. The van der Waals surface area contributed by atoms with Crippen LogP contribution in [0.4, 0.5) is 14.6 Å². The maximum absolute atomic E-state index is 14.4. The van der Waals surface area contributed by atoms with Crippen LogP contribution in [0.2, 0.25) is 0 Å². The van der Waals surface area contributed by atoms with Crippen LogP contribution in [0, 0.1) is 11.6 Å². The fraction of sp³-hybridized carbons (Fsp3) is 0.353. The monoisotopic (exact) mass is 587 g/mol. The summed E-state index contributed by atoms with van der Waals surface area (Å²) in [6.45, 7) is 2.59. The van der Waals surface area contributed by atoms with Crippen LogP contribution in [0.1, 0.15) is 48.4 Å². The highest BCUT2D eigenvalue weighted by Gasteiger charge is 2.27. The van der Waals surface area contributed by atoms with Gasteiger partial charge >= 0.3 is 0 Å². The maximum atomic E-state index is 14.4. The Bertz CT molecular complexity index is 1510. The van der Waals surface area contributed by atoms with Gasteiger partial charge in [-0.25, -0.2) is 13.8 Å². The minimum Gasteiger partial charge on any atom is -0.395 e. The predicted molar refractivity (Wildman–Crippen MR) is 164 cm³/mol. The Morgan fingerprint density at radius 3 is 2.70 bits per heavy atom. The van der Waals surface area contributed by atoms with E-state index in [1.54, 1.807) is 12.5 Å². The number of aliphatic hydroxyl groups is 1. The average Bonchev–Trinajstić information content (AvgIpc) is 3.48. The first kappa shape index (κ1) is 30.5. The number of nitrogens with one attached hydrogen (secondary N) is 3. The summed E-state index contributed by atoms with van der Waals surface area (Å²) in [5.41, 5.74) is 4.33. The van der Waals surface area contributed by atoms with E-state index in [-0.39, 0.29) is 24.6 Å². The van der Waals surface area contributed by atoms with Crippen LogP contribution in [0.25, 0.3) is 5.69 Å². The summed E-state index contributed by atoms with van der Waals surface area (Å²) >= 11 is 0. The van der Waals surface area contributed by atoms with Gasteiger partial charge in [-0.3, -0.25) is 4.79 Å². The molecular formula is C34H39F2N5O2. The Hall–Kier alpha value is -3.92. The number of hydrogen-bond donors (Lipinski definition) is 4. The molecule has 1 heterocycles. The van der Waals surface area contributed by atoms with Gasteiger partial charge in [0.05, 0.1) is 24.5 Å². The maximum Gasteiger partial charge on any atom is 0.242 e. The van der Waals surface area contributed by atoms with Crippen molar-refractivity contribution >= 4 is 11.7 Å². The Morgan fingerprint density at radius 1 is 1.12 bits per heavy atom. The fourth-order valence-corrected chi connectivity index (χ4v) is 5.79. The molecule has 0 unspecified atom stereocenters. The van der Waals surface area contributed by atoms with Crippen LogP contribution >= 0.6 is 0 Å². The van der Waals surface area contributed by atoms with Gasteiger partial charge in [-0.15, -0.1) is 0 Å². The summed E-state index contributed by atoms with van der Waals surface area (Å²) < 4.78 is 29.9. The van der Waals surface area contributed by atoms with E-state index in [1.807, 2.05) is 54.0 Å². The first-order valence-corrected chi connectivity index (χ1v) is 15.0. The largest absolute Gasteiger partial charge is 0.395 e. The number of hydrogen-bond acceptors (Lipinski definition) is 5. The van der Waals surface area contributed by atoms with Crippen LogP contribution < -0.4 is 16.0 Å². The number of anilines is 1. The van der Waals surface area contributed by atoms with Crippen LogP contribution in [-0.4, -0.2) is 45.3 Å². The van der Waals surface area contributed by atoms with Crippen LogP contribution in [0.5, 0.6) is 0 Å². The van der Waals surface area contributed by atoms with Gasteiger partial charge in [0.2, 0.25) is 5.91 Å². The summed E-state index contributed by atoms with van der Waals surface area (Å²) in [7, 11) is 0. The van der Waals surface area contributed by atoms with Crippen LogP contribution in [0.3, 0.4) is 0 Å².